The van der Waals surface area contributed by atoms with Crippen LogP contribution in [0, 0.1) is 0 Å². The molecule has 1 aliphatic rings. The van der Waals surface area contributed by atoms with E-state index in [-0.39, 0.29) is 12.2 Å². The van der Waals surface area contributed by atoms with Crippen LogP contribution in [0.4, 0.5) is 5.82 Å². The maximum Gasteiger partial charge on any atom is 0.133 e. The van der Waals surface area contributed by atoms with E-state index in [9.17, 15) is 0 Å². The molecule has 0 bridgehead atoms. The minimum absolute atomic E-state index is 0.266. The summed E-state index contributed by atoms with van der Waals surface area (Å²) >= 11 is 0. The van der Waals surface area contributed by atoms with Gasteiger partial charge in [0.2, 0.25) is 0 Å². The van der Waals surface area contributed by atoms with Crippen LogP contribution in [-0.4, -0.2) is 36.8 Å². The molecule has 4 heteroatoms. The summed E-state index contributed by atoms with van der Waals surface area (Å²) in [6.45, 7) is 10.2. The smallest absolute Gasteiger partial charge is 0.133 e. The van der Waals surface area contributed by atoms with Gasteiger partial charge < -0.3 is 15.0 Å². The predicted molar refractivity (Wildman–Crippen MR) is 78.5 cm³/mol. The number of nitrogens with one attached hydrogen (secondary N) is 1. The van der Waals surface area contributed by atoms with E-state index in [4.69, 9.17) is 4.74 Å². The zero-order chi connectivity index (χ0) is 13.7. The van der Waals surface area contributed by atoms with Crippen molar-refractivity contribution in [2.24, 2.45) is 0 Å². The van der Waals surface area contributed by atoms with Gasteiger partial charge in [0, 0.05) is 31.4 Å². The summed E-state index contributed by atoms with van der Waals surface area (Å²) in [7, 11) is 0. The molecular formula is C15H25N3O. The van der Waals surface area contributed by atoms with Crippen molar-refractivity contribution in [1.29, 1.82) is 0 Å². The highest BCUT2D eigenvalue weighted by Gasteiger charge is 2.24. The number of anilines is 1. The summed E-state index contributed by atoms with van der Waals surface area (Å²) in [5.41, 5.74) is 1.28. The van der Waals surface area contributed by atoms with Crippen LogP contribution in [0.1, 0.15) is 32.8 Å². The van der Waals surface area contributed by atoms with E-state index < -0.39 is 0 Å². The van der Waals surface area contributed by atoms with Crippen molar-refractivity contribution in [3.05, 3.63) is 23.9 Å². The number of hydrogen-bond donors (Lipinski definition) is 1. The van der Waals surface area contributed by atoms with Crippen LogP contribution in [-0.2, 0) is 11.3 Å². The lowest BCUT2D eigenvalue weighted by molar-refractivity contribution is -0.00551. The molecule has 2 heterocycles. The lowest BCUT2D eigenvalue weighted by atomic mass is 10.2. The zero-order valence-corrected chi connectivity index (χ0v) is 12.2. The van der Waals surface area contributed by atoms with Crippen LogP contribution in [0.2, 0.25) is 0 Å². The molecule has 19 heavy (non-hydrogen) atoms. The number of ether oxygens (including phenoxy) is 1. The zero-order valence-electron chi connectivity index (χ0n) is 12.2. The molecule has 2 unspecified atom stereocenters. The van der Waals surface area contributed by atoms with E-state index in [1.807, 2.05) is 12.3 Å². The van der Waals surface area contributed by atoms with Crippen molar-refractivity contribution >= 4 is 5.82 Å². The number of nitrogens with zero attached hydrogens (tertiary/aromatic N) is 2. The highest BCUT2D eigenvalue weighted by molar-refractivity contribution is 5.47. The first kappa shape index (κ1) is 14.3. The summed E-state index contributed by atoms with van der Waals surface area (Å²) in [6.07, 6.45) is 3.56. The second-order valence-corrected chi connectivity index (χ2v) is 5.33. The lowest BCUT2D eigenvalue weighted by Crippen LogP contribution is -2.46. The summed E-state index contributed by atoms with van der Waals surface area (Å²) in [6, 6.07) is 4.18. The molecule has 4 nitrogen and oxygen atoms in total. The Morgan fingerprint density at radius 3 is 2.79 bits per heavy atom. The Balaban J connectivity index is 2.09. The molecule has 2 rings (SSSR count). The maximum absolute atomic E-state index is 5.79. The van der Waals surface area contributed by atoms with Crippen LogP contribution in [0.5, 0.6) is 0 Å². The molecule has 0 aromatic carbocycles. The molecule has 1 N–H and O–H groups in total. The van der Waals surface area contributed by atoms with Crippen LogP contribution in [0.25, 0.3) is 0 Å². The second-order valence-electron chi connectivity index (χ2n) is 5.33. The first-order valence-electron chi connectivity index (χ1n) is 7.25. The van der Waals surface area contributed by atoms with Gasteiger partial charge >= 0.3 is 0 Å². The Morgan fingerprint density at radius 2 is 2.11 bits per heavy atom. The Labute approximate surface area is 116 Å². The fraction of sp³-hybridized carbons (Fsp3) is 0.667. The van der Waals surface area contributed by atoms with Gasteiger partial charge in [-0.25, -0.2) is 4.98 Å². The van der Waals surface area contributed by atoms with Gasteiger partial charge in [-0.3, -0.25) is 0 Å². The van der Waals surface area contributed by atoms with Gasteiger partial charge in [-0.05, 0) is 32.9 Å². The van der Waals surface area contributed by atoms with Crippen LogP contribution < -0.4 is 10.2 Å². The predicted octanol–water partition coefficient (Wildman–Crippen LogP) is 2.19. The molecule has 0 amide bonds. The van der Waals surface area contributed by atoms with Gasteiger partial charge in [-0.2, -0.15) is 0 Å². The fourth-order valence-electron chi connectivity index (χ4n) is 2.60. The Kier molecular flexibility index (Phi) is 5.16. The minimum atomic E-state index is 0.266. The quantitative estimate of drug-likeness (QED) is 0.826. The molecule has 0 spiro atoms. The monoisotopic (exact) mass is 263 g/mol. The van der Waals surface area contributed by atoms with Gasteiger partial charge in [0.05, 0.1) is 12.2 Å². The third kappa shape index (κ3) is 3.91. The van der Waals surface area contributed by atoms with Crippen molar-refractivity contribution in [2.75, 3.05) is 24.5 Å². The van der Waals surface area contributed by atoms with Gasteiger partial charge in [0.25, 0.3) is 0 Å². The maximum atomic E-state index is 5.79. The molecule has 1 aromatic heterocycles. The number of rotatable bonds is 5. The van der Waals surface area contributed by atoms with Crippen molar-refractivity contribution in [3.63, 3.8) is 0 Å². The van der Waals surface area contributed by atoms with Crippen molar-refractivity contribution in [2.45, 2.75) is 45.9 Å². The van der Waals surface area contributed by atoms with Gasteiger partial charge in [0.1, 0.15) is 5.82 Å². The summed E-state index contributed by atoms with van der Waals surface area (Å²) in [5.74, 6) is 1.10. The molecule has 1 saturated heterocycles. The molecular weight excluding hydrogens is 238 g/mol. The molecule has 1 fully saturated rings. The Bertz CT molecular complexity index is 387. The number of pyridine rings is 1. The van der Waals surface area contributed by atoms with Crippen LogP contribution >= 0.6 is 0 Å². The Hall–Kier alpha value is -1.13. The molecule has 2 atom stereocenters. The third-order valence-electron chi connectivity index (χ3n) is 3.33. The first-order chi connectivity index (χ1) is 9.20. The van der Waals surface area contributed by atoms with E-state index >= 15 is 0 Å². The van der Waals surface area contributed by atoms with E-state index in [1.54, 1.807) is 0 Å². The fourth-order valence-corrected chi connectivity index (χ4v) is 2.60. The number of morpholine rings is 1. The summed E-state index contributed by atoms with van der Waals surface area (Å²) in [4.78, 5) is 6.93. The largest absolute Gasteiger partial charge is 0.372 e. The summed E-state index contributed by atoms with van der Waals surface area (Å²) < 4.78 is 5.79. The second kappa shape index (κ2) is 6.87. The average Bonchev–Trinajstić information content (AvgIpc) is 2.38. The SMILES string of the molecule is CCCNCc1cccnc1N1CC(C)OC(C)C1. The van der Waals surface area contributed by atoms with E-state index in [0.29, 0.717) is 0 Å². The van der Waals surface area contributed by atoms with Crippen LogP contribution in [0.15, 0.2) is 18.3 Å². The number of hydrogen-bond acceptors (Lipinski definition) is 4. The molecule has 0 aliphatic carbocycles. The number of aromatic nitrogens is 1. The summed E-state index contributed by atoms with van der Waals surface area (Å²) in [5, 5.41) is 3.46. The van der Waals surface area contributed by atoms with Crippen LogP contribution in [0.3, 0.4) is 0 Å². The topological polar surface area (TPSA) is 37.4 Å². The van der Waals surface area contributed by atoms with Gasteiger partial charge in [0.15, 0.2) is 0 Å². The minimum Gasteiger partial charge on any atom is -0.372 e. The molecule has 0 radical (unpaired) electrons. The highest BCUT2D eigenvalue weighted by atomic mass is 16.5. The van der Waals surface area contributed by atoms with E-state index in [0.717, 1.165) is 38.4 Å². The lowest BCUT2D eigenvalue weighted by Gasteiger charge is -2.37. The molecule has 1 aromatic rings. The van der Waals surface area contributed by atoms with Crippen molar-refractivity contribution in [3.8, 4) is 0 Å². The van der Waals surface area contributed by atoms with E-state index in [1.165, 1.54) is 5.56 Å². The average molecular weight is 263 g/mol. The first-order valence-corrected chi connectivity index (χ1v) is 7.25. The van der Waals surface area contributed by atoms with Crippen molar-refractivity contribution < 1.29 is 4.74 Å². The highest BCUT2D eigenvalue weighted by Crippen LogP contribution is 2.21. The normalized spacial score (nSPS) is 23.6. The third-order valence-corrected chi connectivity index (χ3v) is 3.33. The molecule has 1 aliphatic heterocycles. The van der Waals surface area contributed by atoms with Gasteiger partial charge in [-0.15, -0.1) is 0 Å². The Morgan fingerprint density at radius 1 is 1.37 bits per heavy atom. The van der Waals surface area contributed by atoms with E-state index in [2.05, 4.69) is 42.0 Å². The molecule has 106 valence electrons. The van der Waals surface area contributed by atoms with Gasteiger partial charge in [-0.1, -0.05) is 13.0 Å². The standard InChI is InChI=1S/C15H25N3O/c1-4-7-16-9-14-6-5-8-17-15(14)18-10-12(2)19-13(3)11-18/h5-6,8,12-13,16H,4,7,9-11H2,1-3H3. The molecule has 0 saturated carbocycles. The van der Waals surface area contributed by atoms with Crippen molar-refractivity contribution in [1.82, 2.24) is 10.3 Å².